The topological polar surface area (TPSA) is 92.7 Å². The summed E-state index contributed by atoms with van der Waals surface area (Å²) in [5.41, 5.74) is 2.59. The molecule has 0 spiro atoms. The monoisotopic (exact) mass is 419 g/mol. The van der Waals surface area contributed by atoms with Crippen LogP contribution in [-0.4, -0.2) is 29.6 Å². The minimum Gasteiger partial charge on any atom is -0.481 e. The quantitative estimate of drug-likeness (QED) is 0.516. The maximum Gasteiger partial charge on any atom is 0.341 e. The number of carbonyl (C=O) groups excluding carboxylic acids is 2. The Hall–Kier alpha value is -2.15. The number of carboxylic acid groups (broad SMARTS) is 1. The van der Waals surface area contributed by atoms with Crippen LogP contribution in [0.15, 0.2) is 17.2 Å². The summed E-state index contributed by atoms with van der Waals surface area (Å²) in [6.45, 7) is 10.0. The molecule has 4 unspecified atom stereocenters. The van der Waals surface area contributed by atoms with E-state index >= 15 is 0 Å². The molecule has 6 nitrogen and oxygen atoms in total. The van der Waals surface area contributed by atoms with Crippen LogP contribution >= 0.6 is 11.3 Å². The van der Waals surface area contributed by atoms with Gasteiger partial charge in [-0.25, -0.2) is 4.79 Å². The van der Waals surface area contributed by atoms with Gasteiger partial charge in [0.05, 0.1) is 24.0 Å². The molecule has 2 N–H and O–H groups in total. The summed E-state index contributed by atoms with van der Waals surface area (Å²) in [4.78, 5) is 38.6. The number of ether oxygens (including phenoxy) is 1. The van der Waals surface area contributed by atoms with E-state index in [2.05, 4.69) is 5.32 Å². The predicted molar refractivity (Wildman–Crippen MR) is 112 cm³/mol. The molecular weight excluding hydrogens is 390 g/mol. The van der Waals surface area contributed by atoms with Gasteiger partial charge in [0.2, 0.25) is 5.91 Å². The molecule has 2 saturated carbocycles. The van der Waals surface area contributed by atoms with Gasteiger partial charge in [-0.1, -0.05) is 25.0 Å². The number of rotatable bonds is 6. The van der Waals surface area contributed by atoms with E-state index in [4.69, 9.17) is 4.74 Å². The number of carboxylic acids is 1. The van der Waals surface area contributed by atoms with Gasteiger partial charge < -0.3 is 15.2 Å². The highest BCUT2D eigenvalue weighted by molar-refractivity contribution is 7.16. The molecule has 0 aromatic carbocycles. The Morgan fingerprint density at radius 2 is 1.83 bits per heavy atom. The minimum atomic E-state index is -0.921. The van der Waals surface area contributed by atoms with Crippen molar-refractivity contribution < 1.29 is 24.2 Å². The predicted octanol–water partition coefficient (Wildman–Crippen LogP) is 4.68. The summed E-state index contributed by atoms with van der Waals surface area (Å²) in [7, 11) is 0. The van der Waals surface area contributed by atoms with Gasteiger partial charge in [-0.15, -0.1) is 11.3 Å². The summed E-state index contributed by atoms with van der Waals surface area (Å²) in [5.74, 6) is -2.95. The first kappa shape index (κ1) is 21.6. The minimum absolute atomic E-state index is 0.0401. The normalized spacial score (nSPS) is 25.4. The summed E-state index contributed by atoms with van der Waals surface area (Å²) in [5, 5.41) is 13.2. The SMILES string of the molecule is CCOC(=O)c1cc(C(C)C)sc1NC(=O)C1C2CCC(C2=C(C)C)C1C(=O)O. The van der Waals surface area contributed by atoms with Gasteiger partial charge >= 0.3 is 11.9 Å². The fourth-order valence-corrected chi connectivity index (χ4v) is 6.00. The Bertz CT molecular complexity index is 865. The maximum atomic E-state index is 13.3. The van der Waals surface area contributed by atoms with Crippen molar-refractivity contribution in [1.82, 2.24) is 0 Å². The number of nitrogens with one attached hydrogen (secondary N) is 1. The van der Waals surface area contributed by atoms with Gasteiger partial charge in [0.1, 0.15) is 5.00 Å². The molecule has 1 heterocycles. The molecule has 1 aromatic rings. The van der Waals surface area contributed by atoms with Gasteiger partial charge in [-0.2, -0.15) is 0 Å². The Morgan fingerprint density at radius 1 is 1.21 bits per heavy atom. The van der Waals surface area contributed by atoms with Crippen molar-refractivity contribution in [2.45, 2.75) is 53.4 Å². The van der Waals surface area contributed by atoms with Gasteiger partial charge in [-0.05, 0) is 57.4 Å². The van der Waals surface area contributed by atoms with Crippen LogP contribution in [0.2, 0.25) is 0 Å². The average Bonchev–Trinajstić information content (AvgIpc) is 3.32. The highest BCUT2D eigenvalue weighted by atomic mass is 32.1. The second-order valence-electron chi connectivity index (χ2n) is 8.39. The fourth-order valence-electron chi connectivity index (χ4n) is 4.95. The molecule has 158 valence electrons. The van der Waals surface area contributed by atoms with Crippen molar-refractivity contribution in [3.8, 4) is 0 Å². The third-order valence-corrected chi connectivity index (χ3v) is 7.41. The van der Waals surface area contributed by atoms with Gasteiger partial charge in [0.15, 0.2) is 0 Å². The number of fused-ring (bicyclic) bond motifs is 2. The van der Waals surface area contributed by atoms with E-state index in [1.54, 1.807) is 13.0 Å². The molecule has 1 amide bonds. The number of allylic oxidation sites excluding steroid dienone is 2. The molecule has 2 aliphatic rings. The van der Waals surface area contributed by atoms with Crippen LogP contribution in [0.1, 0.15) is 68.6 Å². The van der Waals surface area contributed by atoms with E-state index in [0.717, 1.165) is 28.9 Å². The zero-order valence-corrected chi connectivity index (χ0v) is 18.4. The van der Waals surface area contributed by atoms with E-state index in [1.165, 1.54) is 11.3 Å². The van der Waals surface area contributed by atoms with Gasteiger partial charge in [0, 0.05) is 4.88 Å². The van der Waals surface area contributed by atoms with Crippen LogP contribution in [0.3, 0.4) is 0 Å². The molecule has 4 atom stereocenters. The number of esters is 1. The van der Waals surface area contributed by atoms with Crippen molar-refractivity contribution in [3.05, 3.63) is 27.7 Å². The van der Waals surface area contributed by atoms with E-state index in [9.17, 15) is 19.5 Å². The lowest BCUT2D eigenvalue weighted by atomic mass is 9.79. The van der Waals surface area contributed by atoms with Gasteiger partial charge in [0.25, 0.3) is 0 Å². The highest BCUT2D eigenvalue weighted by Crippen LogP contribution is 2.57. The first-order chi connectivity index (χ1) is 13.7. The Morgan fingerprint density at radius 3 is 2.34 bits per heavy atom. The van der Waals surface area contributed by atoms with Crippen molar-refractivity contribution in [2.75, 3.05) is 11.9 Å². The molecule has 3 rings (SSSR count). The smallest absolute Gasteiger partial charge is 0.341 e. The number of hydrogen-bond acceptors (Lipinski definition) is 5. The Balaban J connectivity index is 1.93. The second kappa shape index (κ2) is 8.30. The maximum absolute atomic E-state index is 13.3. The number of anilines is 1. The zero-order valence-electron chi connectivity index (χ0n) is 17.6. The first-order valence-corrected chi connectivity index (χ1v) is 11.0. The van der Waals surface area contributed by atoms with E-state index < -0.39 is 23.8 Å². The molecule has 7 heteroatoms. The molecule has 0 aliphatic heterocycles. The van der Waals surface area contributed by atoms with E-state index in [-0.39, 0.29) is 30.3 Å². The molecule has 0 saturated heterocycles. The molecular formula is C22H29NO5S. The van der Waals surface area contributed by atoms with Crippen molar-refractivity contribution in [2.24, 2.45) is 23.7 Å². The third kappa shape index (κ3) is 3.84. The number of hydrogen-bond donors (Lipinski definition) is 2. The lowest BCUT2D eigenvalue weighted by Crippen LogP contribution is -2.37. The Kier molecular flexibility index (Phi) is 6.17. The van der Waals surface area contributed by atoms with Crippen LogP contribution in [0.5, 0.6) is 0 Å². The highest BCUT2D eigenvalue weighted by Gasteiger charge is 2.57. The first-order valence-electron chi connectivity index (χ1n) is 10.2. The number of carbonyl (C=O) groups is 3. The molecule has 2 bridgehead atoms. The molecule has 1 aromatic heterocycles. The summed E-state index contributed by atoms with van der Waals surface area (Å²) < 4.78 is 5.14. The fraction of sp³-hybridized carbons (Fsp3) is 0.591. The molecule has 2 fully saturated rings. The number of aliphatic carboxylic acids is 1. The van der Waals surface area contributed by atoms with Crippen molar-refractivity contribution in [1.29, 1.82) is 0 Å². The van der Waals surface area contributed by atoms with Crippen LogP contribution in [0.25, 0.3) is 0 Å². The molecule has 29 heavy (non-hydrogen) atoms. The van der Waals surface area contributed by atoms with E-state index in [1.807, 2.05) is 27.7 Å². The molecule has 2 aliphatic carbocycles. The van der Waals surface area contributed by atoms with Crippen LogP contribution in [-0.2, 0) is 14.3 Å². The molecule has 0 radical (unpaired) electrons. The average molecular weight is 420 g/mol. The number of thiophene rings is 1. The van der Waals surface area contributed by atoms with Crippen molar-refractivity contribution >= 4 is 34.2 Å². The van der Waals surface area contributed by atoms with Crippen LogP contribution < -0.4 is 5.32 Å². The Labute approximate surface area is 175 Å². The van der Waals surface area contributed by atoms with E-state index in [0.29, 0.717) is 10.6 Å². The second-order valence-corrected chi connectivity index (χ2v) is 9.48. The van der Waals surface area contributed by atoms with Crippen LogP contribution in [0.4, 0.5) is 5.00 Å². The largest absolute Gasteiger partial charge is 0.481 e. The summed E-state index contributed by atoms with van der Waals surface area (Å²) >= 11 is 1.35. The number of amides is 1. The van der Waals surface area contributed by atoms with Crippen molar-refractivity contribution in [3.63, 3.8) is 0 Å². The van der Waals surface area contributed by atoms with Gasteiger partial charge in [-0.3, -0.25) is 9.59 Å². The standard InChI is InChI=1S/C22H29NO5S/c1-6-28-22(27)14-9-15(10(2)3)29-20(14)23-19(24)17-12-7-8-13(16(12)11(4)5)18(17)21(25)26/h9-10,12-13,17-18H,6-8H2,1-5H3,(H,23,24)(H,25,26). The summed E-state index contributed by atoms with van der Waals surface area (Å²) in [6, 6.07) is 1.76. The lowest BCUT2D eigenvalue weighted by molar-refractivity contribution is -0.148. The summed E-state index contributed by atoms with van der Waals surface area (Å²) in [6.07, 6.45) is 1.65. The lowest BCUT2D eigenvalue weighted by Gasteiger charge is -2.26. The van der Waals surface area contributed by atoms with Crippen LogP contribution in [0, 0.1) is 23.7 Å². The third-order valence-electron chi connectivity index (χ3n) is 6.06. The zero-order chi connectivity index (χ0) is 21.5.